The molecule has 2 aliphatic heterocycles. The molecular weight excluding hydrogens is 418 g/mol. The Morgan fingerprint density at radius 1 is 1.18 bits per heavy atom. The Balaban J connectivity index is 1.90. The zero-order valence-corrected chi connectivity index (χ0v) is 18.6. The number of rotatable bonds is 4. The third-order valence-electron chi connectivity index (χ3n) is 6.59. The Bertz CT molecular complexity index is 1090. The molecule has 2 heterocycles. The molecule has 0 unspecified atom stereocenters. The molecule has 7 heteroatoms. The number of hydrogen-bond acceptors (Lipinski definition) is 5. The second-order valence-corrected chi connectivity index (χ2v) is 8.53. The topological polar surface area (TPSA) is 99.5 Å². The molecule has 170 valence electrons. The maximum atomic E-state index is 14.0. The summed E-state index contributed by atoms with van der Waals surface area (Å²) in [4.78, 5) is 42.3. The summed E-state index contributed by atoms with van der Waals surface area (Å²) in [7, 11) is 0. The quantitative estimate of drug-likeness (QED) is 0.728. The van der Waals surface area contributed by atoms with Crippen LogP contribution in [0.25, 0.3) is 0 Å². The summed E-state index contributed by atoms with van der Waals surface area (Å²) in [5.74, 6) is -1.70. The monoisotopic (exact) mass is 445 g/mol. The van der Waals surface area contributed by atoms with Crippen molar-refractivity contribution in [1.82, 2.24) is 10.2 Å². The van der Waals surface area contributed by atoms with E-state index in [1.807, 2.05) is 30.3 Å². The predicted molar refractivity (Wildman–Crippen MR) is 121 cm³/mol. The van der Waals surface area contributed by atoms with Gasteiger partial charge in [-0.1, -0.05) is 36.4 Å². The minimum Gasteiger partial charge on any atom is -0.466 e. The molecule has 7 nitrogen and oxygen atoms in total. The third kappa shape index (κ3) is 4.09. The van der Waals surface area contributed by atoms with Gasteiger partial charge in [0.2, 0.25) is 5.91 Å². The van der Waals surface area contributed by atoms with Gasteiger partial charge in [-0.15, -0.1) is 0 Å². The van der Waals surface area contributed by atoms with Crippen LogP contribution in [0.3, 0.4) is 0 Å². The summed E-state index contributed by atoms with van der Waals surface area (Å²) in [5.41, 5.74) is 0.275. The number of esters is 1. The van der Waals surface area contributed by atoms with E-state index in [2.05, 4.69) is 11.4 Å². The van der Waals surface area contributed by atoms with Gasteiger partial charge >= 0.3 is 5.97 Å². The molecule has 1 N–H and O–H groups in total. The van der Waals surface area contributed by atoms with Gasteiger partial charge in [-0.05, 0) is 56.4 Å². The molecule has 2 saturated heterocycles. The van der Waals surface area contributed by atoms with Crippen molar-refractivity contribution in [2.24, 2.45) is 5.92 Å². The van der Waals surface area contributed by atoms with Gasteiger partial charge in [0, 0.05) is 12.1 Å². The molecular formula is C26H27N3O4. The lowest BCUT2D eigenvalue weighted by atomic mass is 9.85. The van der Waals surface area contributed by atoms with E-state index in [-0.39, 0.29) is 24.8 Å². The second-order valence-electron chi connectivity index (χ2n) is 8.53. The number of likely N-dealkylation sites (tertiary alicyclic amines) is 1. The molecule has 2 fully saturated rings. The van der Waals surface area contributed by atoms with Crippen LogP contribution in [0.5, 0.6) is 0 Å². The Morgan fingerprint density at radius 2 is 1.97 bits per heavy atom. The number of hydrogen-bond donors (Lipinski definition) is 1. The van der Waals surface area contributed by atoms with Crippen LogP contribution in [0.1, 0.15) is 60.1 Å². The van der Waals surface area contributed by atoms with Crippen LogP contribution in [-0.4, -0.2) is 41.4 Å². The van der Waals surface area contributed by atoms with Crippen LogP contribution in [0.4, 0.5) is 0 Å². The third-order valence-corrected chi connectivity index (χ3v) is 6.59. The fourth-order valence-electron chi connectivity index (χ4n) is 5.14. The maximum absolute atomic E-state index is 14.0. The van der Waals surface area contributed by atoms with Crippen LogP contribution in [0, 0.1) is 17.2 Å². The average molecular weight is 446 g/mol. The van der Waals surface area contributed by atoms with E-state index in [1.165, 1.54) is 6.07 Å². The van der Waals surface area contributed by atoms with Crippen LogP contribution in [0.2, 0.25) is 0 Å². The molecule has 2 aromatic rings. The molecule has 0 radical (unpaired) electrons. The highest BCUT2D eigenvalue weighted by atomic mass is 16.5. The number of ether oxygens (including phenoxy) is 1. The Kier molecular flexibility index (Phi) is 6.45. The number of nitrogens with zero attached hydrogens (tertiary/aromatic N) is 2. The molecule has 4 rings (SSSR count). The number of benzene rings is 2. The fourth-order valence-corrected chi connectivity index (χ4v) is 5.14. The summed E-state index contributed by atoms with van der Waals surface area (Å²) in [6, 6.07) is 17.2. The smallest absolute Gasteiger partial charge is 0.311 e. The summed E-state index contributed by atoms with van der Waals surface area (Å²) in [5, 5.41) is 12.3. The maximum Gasteiger partial charge on any atom is 0.311 e. The Morgan fingerprint density at radius 3 is 2.70 bits per heavy atom. The van der Waals surface area contributed by atoms with Gasteiger partial charge in [0.15, 0.2) is 0 Å². The number of nitriles is 1. The summed E-state index contributed by atoms with van der Waals surface area (Å²) >= 11 is 0. The van der Waals surface area contributed by atoms with E-state index in [0.717, 1.165) is 18.4 Å². The van der Waals surface area contributed by atoms with E-state index in [0.29, 0.717) is 24.1 Å². The highest BCUT2D eigenvalue weighted by Gasteiger charge is 2.60. The molecule has 2 aromatic carbocycles. The first-order valence-corrected chi connectivity index (χ1v) is 11.4. The molecule has 3 atom stereocenters. The molecule has 33 heavy (non-hydrogen) atoms. The molecule has 2 amide bonds. The summed E-state index contributed by atoms with van der Waals surface area (Å²) in [6.07, 6.45) is 2.21. The van der Waals surface area contributed by atoms with E-state index < -0.39 is 23.5 Å². The van der Waals surface area contributed by atoms with Crippen molar-refractivity contribution in [3.63, 3.8) is 0 Å². The number of amides is 2. The first-order chi connectivity index (χ1) is 16.0. The van der Waals surface area contributed by atoms with Crippen molar-refractivity contribution in [2.45, 2.75) is 44.2 Å². The lowest BCUT2D eigenvalue weighted by Crippen LogP contribution is -2.57. The normalized spacial score (nSPS) is 24.6. The van der Waals surface area contributed by atoms with Crippen molar-refractivity contribution in [3.05, 3.63) is 71.3 Å². The fraction of sp³-hybridized carbons (Fsp3) is 0.385. The van der Waals surface area contributed by atoms with Crippen LogP contribution >= 0.6 is 0 Å². The van der Waals surface area contributed by atoms with Crippen molar-refractivity contribution >= 4 is 17.8 Å². The number of carbonyl (C=O) groups excluding carboxylic acids is 3. The minimum absolute atomic E-state index is 0.195. The van der Waals surface area contributed by atoms with E-state index in [4.69, 9.17) is 4.74 Å². The zero-order valence-electron chi connectivity index (χ0n) is 18.6. The lowest BCUT2D eigenvalue weighted by Gasteiger charge is -2.39. The Labute approximate surface area is 193 Å². The van der Waals surface area contributed by atoms with E-state index >= 15 is 0 Å². The first-order valence-electron chi connectivity index (χ1n) is 11.4. The minimum atomic E-state index is -1.17. The number of nitrogens with one attached hydrogen (secondary N) is 1. The van der Waals surface area contributed by atoms with Crippen molar-refractivity contribution in [3.8, 4) is 6.07 Å². The molecule has 2 aliphatic rings. The van der Waals surface area contributed by atoms with Crippen molar-refractivity contribution in [2.75, 3.05) is 13.2 Å². The number of carbonyl (C=O) groups is 3. The van der Waals surface area contributed by atoms with Crippen LogP contribution in [0.15, 0.2) is 54.6 Å². The van der Waals surface area contributed by atoms with Gasteiger partial charge < -0.3 is 15.0 Å². The van der Waals surface area contributed by atoms with Crippen molar-refractivity contribution < 1.29 is 19.1 Å². The highest BCUT2D eigenvalue weighted by Crippen LogP contribution is 2.51. The average Bonchev–Trinajstić information content (AvgIpc) is 3.09. The molecule has 0 saturated carbocycles. The molecule has 0 bridgehead atoms. The predicted octanol–water partition coefficient (Wildman–Crippen LogP) is 3.36. The van der Waals surface area contributed by atoms with E-state index in [9.17, 15) is 19.6 Å². The largest absolute Gasteiger partial charge is 0.466 e. The lowest BCUT2D eigenvalue weighted by molar-refractivity contribution is -0.148. The first kappa shape index (κ1) is 22.5. The molecule has 1 spiro atoms. The van der Waals surface area contributed by atoms with Crippen LogP contribution < -0.4 is 5.32 Å². The van der Waals surface area contributed by atoms with Crippen molar-refractivity contribution in [1.29, 1.82) is 5.26 Å². The van der Waals surface area contributed by atoms with Gasteiger partial charge in [0.05, 0.1) is 30.2 Å². The molecule has 0 aromatic heterocycles. The van der Waals surface area contributed by atoms with E-state index in [1.54, 1.807) is 30.0 Å². The SMILES string of the molecule is CCOC(=O)[C@H]1C[C@]2(CCCCNC2=O)N(C(=O)c2cccc(C#N)c2)[C@H]1c1ccccc1. The highest BCUT2D eigenvalue weighted by molar-refractivity contribution is 6.01. The standard InChI is InChI=1S/C26H27N3O4/c1-2-33-24(31)21-16-26(13-6-7-14-28-25(26)32)29(22(21)19-10-4-3-5-11-19)23(30)20-12-8-9-18(15-20)17-27/h3-5,8-12,15,21-22H,2,6-7,13-14,16H2,1H3,(H,28,32)/t21-,22-,26-/m0/s1. The Hall–Kier alpha value is -3.66. The zero-order chi connectivity index (χ0) is 23.4. The summed E-state index contributed by atoms with van der Waals surface area (Å²) < 4.78 is 5.40. The van der Waals surface area contributed by atoms with Gasteiger partial charge in [-0.2, -0.15) is 5.26 Å². The van der Waals surface area contributed by atoms with Crippen LogP contribution in [-0.2, 0) is 14.3 Å². The summed E-state index contributed by atoms with van der Waals surface area (Å²) in [6.45, 7) is 2.50. The molecule has 0 aliphatic carbocycles. The second kappa shape index (κ2) is 9.45. The van der Waals surface area contributed by atoms with Gasteiger partial charge in [-0.3, -0.25) is 14.4 Å². The van der Waals surface area contributed by atoms with Gasteiger partial charge in [0.25, 0.3) is 5.91 Å². The van der Waals surface area contributed by atoms with Gasteiger partial charge in [-0.25, -0.2) is 0 Å². The van der Waals surface area contributed by atoms with Gasteiger partial charge in [0.1, 0.15) is 5.54 Å².